The van der Waals surface area contributed by atoms with E-state index in [-0.39, 0.29) is 11.8 Å². The van der Waals surface area contributed by atoms with E-state index in [9.17, 15) is 9.59 Å². The zero-order valence-corrected chi connectivity index (χ0v) is 13.2. The van der Waals surface area contributed by atoms with Gasteiger partial charge in [0.15, 0.2) is 11.9 Å². The van der Waals surface area contributed by atoms with Crippen LogP contribution in [-0.4, -0.2) is 43.0 Å². The number of aryl methyl sites for hydroxylation is 1. The lowest BCUT2D eigenvalue weighted by Crippen LogP contribution is -2.49. The number of carbonyl (C=O) groups is 2. The molecule has 24 heavy (non-hydrogen) atoms. The molecule has 0 aliphatic carbocycles. The van der Waals surface area contributed by atoms with Crippen LogP contribution in [-0.2, 0) is 23.8 Å². The fourth-order valence-electron chi connectivity index (χ4n) is 4.38. The topological polar surface area (TPSA) is 65.1 Å². The van der Waals surface area contributed by atoms with Crippen molar-refractivity contribution in [2.45, 2.75) is 24.9 Å². The van der Waals surface area contributed by atoms with Crippen molar-refractivity contribution in [2.24, 2.45) is 11.8 Å². The summed E-state index contributed by atoms with van der Waals surface area (Å²) in [5.74, 6) is -1.53. The van der Waals surface area contributed by atoms with Gasteiger partial charge >= 0.3 is 0 Å². The van der Waals surface area contributed by atoms with Crippen LogP contribution in [0.25, 0.3) is 0 Å². The van der Waals surface area contributed by atoms with E-state index >= 15 is 0 Å². The highest BCUT2D eigenvalue weighted by Gasteiger charge is 2.71. The second-order valence-corrected chi connectivity index (χ2v) is 6.67. The average Bonchev–Trinajstić information content (AvgIpc) is 3.33. The van der Waals surface area contributed by atoms with Gasteiger partial charge in [-0.15, -0.1) is 0 Å². The molecule has 3 saturated heterocycles. The summed E-state index contributed by atoms with van der Waals surface area (Å²) < 4.78 is 17.3. The minimum absolute atomic E-state index is 0.200. The largest absolute Gasteiger partial charge is 0.357 e. The third-order valence-electron chi connectivity index (χ3n) is 5.42. The Morgan fingerprint density at radius 1 is 1.12 bits per heavy atom. The second-order valence-electron chi connectivity index (χ2n) is 6.67. The van der Waals surface area contributed by atoms with Crippen molar-refractivity contribution in [1.29, 1.82) is 0 Å². The van der Waals surface area contributed by atoms with Crippen LogP contribution >= 0.6 is 0 Å². The predicted molar refractivity (Wildman–Crippen MR) is 83.1 cm³/mol. The Morgan fingerprint density at radius 2 is 1.88 bits per heavy atom. The third kappa shape index (κ3) is 1.60. The Labute approximate surface area is 139 Å². The number of imide groups is 1. The zero-order chi connectivity index (χ0) is 16.5. The molecule has 0 spiro atoms. The molecule has 0 unspecified atom stereocenters. The summed E-state index contributed by atoms with van der Waals surface area (Å²) in [6, 6.07) is 7.42. The summed E-state index contributed by atoms with van der Waals surface area (Å²) in [4.78, 5) is 27.5. The summed E-state index contributed by atoms with van der Waals surface area (Å²) >= 11 is 0. The first-order chi connectivity index (χ1) is 11.6. The predicted octanol–water partition coefficient (Wildman–Crippen LogP) is 1.18. The summed E-state index contributed by atoms with van der Waals surface area (Å²) in [5, 5.41) is 0. The van der Waals surface area contributed by atoms with Gasteiger partial charge in [0.1, 0.15) is 0 Å². The maximum atomic E-state index is 13.2. The lowest BCUT2D eigenvalue weighted by molar-refractivity contribution is -0.180. The average molecular weight is 327 g/mol. The Morgan fingerprint density at radius 3 is 2.62 bits per heavy atom. The van der Waals surface area contributed by atoms with E-state index in [2.05, 4.69) is 0 Å². The van der Waals surface area contributed by atoms with Crippen LogP contribution in [0, 0.1) is 18.8 Å². The van der Waals surface area contributed by atoms with Gasteiger partial charge in [0.25, 0.3) is 0 Å². The number of para-hydroxylation sites is 1. The molecule has 2 bridgehead atoms. The van der Waals surface area contributed by atoms with Crippen LogP contribution in [0.3, 0.4) is 0 Å². The van der Waals surface area contributed by atoms with Crippen molar-refractivity contribution in [3.05, 3.63) is 42.0 Å². The minimum Gasteiger partial charge on any atom is -0.357 e. The molecular weight excluding hydrogens is 310 g/mol. The van der Waals surface area contributed by atoms with Gasteiger partial charge in [-0.25, -0.2) is 4.90 Å². The first kappa shape index (κ1) is 14.3. The number of ether oxygens (including phenoxy) is 3. The van der Waals surface area contributed by atoms with Crippen molar-refractivity contribution < 1.29 is 23.8 Å². The number of anilines is 1. The first-order valence-corrected chi connectivity index (χ1v) is 8.17. The second kappa shape index (κ2) is 4.75. The number of amides is 2. The maximum Gasteiger partial charge on any atom is 0.241 e. The molecule has 2 amide bonds. The molecule has 4 aliphatic rings. The summed E-state index contributed by atoms with van der Waals surface area (Å²) in [7, 11) is 0. The van der Waals surface area contributed by atoms with E-state index in [1.54, 1.807) is 6.07 Å². The van der Waals surface area contributed by atoms with Gasteiger partial charge in [-0.3, -0.25) is 9.59 Å². The minimum atomic E-state index is -0.990. The molecule has 6 heteroatoms. The van der Waals surface area contributed by atoms with Gasteiger partial charge in [-0.1, -0.05) is 24.3 Å². The van der Waals surface area contributed by atoms with Gasteiger partial charge in [-0.2, -0.15) is 0 Å². The van der Waals surface area contributed by atoms with Crippen molar-refractivity contribution in [1.82, 2.24) is 0 Å². The normalized spacial score (nSPS) is 37.7. The van der Waals surface area contributed by atoms with Gasteiger partial charge in [0.05, 0.1) is 36.8 Å². The molecule has 4 heterocycles. The summed E-state index contributed by atoms with van der Waals surface area (Å²) in [6.07, 6.45) is 2.68. The van der Waals surface area contributed by atoms with Crippen LogP contribution in [0.1, 0.15) is 5.56 Å². The van der Waals surface area contributed by atoms with Crippen LogP contribution in [0.5, 0.6) is 0 Å². The number of carbonyl (C=O) groups excluding carboxylic acids is 2. The standard InChI is InChI=1S/C18H17NO5/c1-10-4-2-3-5-11(10)19-15(20)13-12-6-7-18(24-12,14(13)16(19)21)17-22-8-9-23-17/h2-7,12-14,17H,8-9H2,1H3/t12-,13-,14+,18-/m1/s1. The van der Waals surface area contributed by atoms with Gasteiger partial charge in [0, 0.05) is 0 Å². The zero-order valence-electron chi connectivity index (χ0n) is 13.2. The number of fused-ring (bicyclic) bond motifs is 5. The van der Waals surface area contributed by atoms with Crippen molar-refractivity contribution in [2.75, 3.05) is 18.1 Å². The molecule has 0 N–H and O–H groups in total. The Balaban J connectivity index is 1.59. The monoisotopic (exact) mass is 327 g/mol. The van der Waals surface area contributed by atoms with Crippen LogP contribution < -0.4 is 4.90 Å². The fraction of sp³-hybridized carbons (Fsp3) is 0.444. The van der Waals surface area contributed by atoms with Gasteiger partial charge < -0.3 is 14.2 Å². The number of nitrogens with zero attached hydrogens (tertiary/aromatic N) is 1. The van der Waals surface area contributed by atoms with Gasteiger partial charge in [-0.05, 0) is 24.6 Å². The lowest BCUT2D eigenvalue weighted by Gasteiger charge is -2.32. The van der Waals surface area contributed by atoms with E-state index in [1.165, 1.54) is 4.90 Å². The third-order valence-corrected chi connectivity index (χ3v) is 5.42. The molecule has 0 saturated carbocycles. The van der Waals surface area contributed by atoms with Crippen molar-refractivity contribution in [3.8, 4) is 0 Å². The van der Waals surface area contributed by atoms with Crippen molar-refractivity contribution in [3.63, 3.8) is 0 Å². The summed E-state index contributed by atoms with van der Waals surface area (Å²) in [6.45, 7) is 2.83. The Bertz CT molecular complexity index is 768. The van der Waals surface area contributed by atoms with E-state index in [4.69, 9.17) is 14.2 Å². The first-order valence-electron chi connectivity index (χ1n) is 8.17. The SMILES string of the molecule is Cc1ccccc1N1C(=O)[C@H]2[C@@H](C1=O)[C@@]1(C3OCCO3)C=C[C@H]2O1. The number of hydrogen-bond acceptors (Lipinski definition) is 5. The van der Waals surface area contributed by atoms with Gasteiger partial charge in [0.2, 0.25) is 11.8 Å². The quantitative estimate of drug-likeness (QED) is 0.603. The molecule has 124 valence electrons. The molecule has 0 aromatic heterocycles. The molecule has 1 aromatic rings. The number of benzene rings is 1. The molecule has 5 rings (SSSR count). The molecular formula is C18H17NO5. The molecule has 0 radical (unpaired) electrons. The van der Waals surface area contributed by atoms with Crippen LogP contribution in [0.2, 0.25) is 0 Å². The Kier molecular flexibility index (Phi) is 2.84. The fourth-order valence-corrected chi connectivity index (χ4v) is 4.38. The van der Waals surface area contributed by atoms with E-state index in [1.807, 2.05) is 37.3 Å². The van der Waals surface area contributed by atoms with E-state index in [0.29, 0.717) is 18.9 Å². The maximum absolute atomic E-state index is 13.2. The summed E-state index contributed by atoms with van der Waals surface area (Å²) in [5.41, 5.74) is 0.545. The molecule has 6 nitrogen and oxygen atoms in total. The number of hydrogen-bond donors (Lipinski definition) is 0. The highest BCUT2D eigenvalue weighted by molar-refractivity contribution is 6.23. The Hall–Kier alpha value is -2.02. The van der Waals surface area contributed by atoms with E-state index in [0.717, 1.165) is 5.56 Å². The molecule has 1 aromatic carbocycles. The number of rotatable bonds is 2. The van der Waals surface area contributed by atoms with Crippen molar-refractivity contribution >= 4 is 17.5 Å². The molecule has 4 aliphatic heterocycles. The highest BCUT2D eigenvalue weighted by atomic mass is 16.7. The molecule has 3 fully saturated rings. The van der Waals surface area contributed by atoms with E-state index < -0.39 is 29.8 Å². The van der Waals surface area contributed by atoms with Crippen LogP contribution in [0.15, 0.2) is 36.4 Å². The van der Waals surface area contributed by atoms with Crippen LogP contribution in [0.4, 0.5) is 5.69 Å². The molecule has 4 atom stereocenters. The highest BCUT2D eigenvalue weighted by Crippen LogP contribution is 2.55. The smallest absolute Gasteiger partial charge is 0.241 e. The lowest BCUT2D eigenvalue weighted by atomic mass is 9.76.